The molecular weight excluding hydrogens is 425 g/mol. The van der Waals surface area contributed by atoms with Gasteiger partial charge >= 0.3 is 5.69 Å². The van der Waals surface area contributed by atoms with Crippen LogP contribution < -0.4 is 4.74 Å². The van der Waals surface area contributed by atoms with Crippen molar-refractivity contribution in [1.29, 1.82) is 0 Å². The fourth-order valence-electron chi connectivity index (χ4n) is 1.80. The van der Waals surface area contributed by atoms with E-state index in [0.717, 1.165) is 5.56 Å². The van der Waals surface area contributed by atoms with E-state index in [0.29, 0.717) is 26.1 Å². The summed E-state index contributed by atoms with van der Waals surface area (Å²) in [5.41, 5.74) is 1.49. The molecule has 0 aliphatic carbocycles. The van der Waals surface area contributed by atoms with E-state index in [1.807, 2.05) is 6.07 Å². The van der Waals surface area contributed by atoms with Crippen molar-refractivity contribution in [1.82, 2.24) is 0 Å². The summed E-state index contributed by atoms with van der Waals surface area (Å²) in [4.78, 5) is 10.7. The molecule has 0 aromatic heterocycles. The number of alkyl halides is 1. The number of aryl methyl sites for hydroxylation is 1. The van der Waals surface area contributed by atoms with Crippen molar-refractivity contribution in [2.24, 2.45) is 0 Å². The minimum atomic E-state index is -0.471. The van der Waals surface area contributed by atoms with Crippen molar-refractivity contribution in [2.45, 2.75) is 12.3 Å². The second-order valence-corrected chi connectivity index (χ2v) is 6.20. The number of ether oxygens (including phenoxy) is 1. The van der Waals surface area contributed by atoms with Gasteiger partial charge in [0, 0.05) is 20.9 Å². The van der Waals surface area contributed by atoms with E-state index in [-0.39, 0.29) is 11.4 Å². The van der Waals surface area contributed by atoms with Crippen molar-refractivity contribution in [3.63, 3.8) is 0 Å². The fourth-order valence-corrected chi connectivity index (χ4v) is 3.25. The van der Waals surface area contributed by atoms with Gasteiger partial charge in [0.05, 0.1) is 4.92 Å². The summed E-state index contributed by atoms with van der Waals surface area (Å²) in [6.07, 6.45) is 0. The molecule has 0 amide bonds. The molecule has 0 fully saturated rings. The summed E-state index contributed by atoms with van der Waals surface area (Å²) in [6, 6.07) is 8.36. The molecule has 0 aliphatic heterocycles. The number of halogens is 3. The van der Waals surface area contributed by atoms with E-state index in [4.69, 9.17) is 16.3 Å². The quantitative estimate of drug-likeness (QED) is 0.336. The smallest absolute Gasteiger partial charge is 0.312 e. The van der Waals surface area contributed by atoms with Gasteiger partial charge in [0.15, 0.2) is 0 Å². The predicted octanol–water partition coefficient (Wildman–Crippen LogP) is 6.01. The number of nitro groups is 1. The first-order chi connectivity index (χ1) is 9.92. The van der Waals surface area contributed by atoms with Gasteiger partial charge in [-0.1, -0.05) is 49.5 Å². The topological polar surface area (TPSA) is 52.4 Å². The highest BCUT2D eigenvalue weighted by Gasteiger charge is 2.20. The monoisotopic (exact) mass is 433 g/mol. The van der Waals surface area contributed by atoms with Crippen LogP contribution in [0, 0.1) is 17.0 Å². The normalized spacial score (nSPS) is 10.5. The Labute approximate surface area is 143 Å². The van der Waals surface area contributed by atoms with Crippen LogP contribution in [0.2, 0.25) is 5.02 Å². The Morgan fingerprint density at radius 2 is 2.05 bits per heavy atom. The third kappa shape index (κ3) is 3.75. The highest BCUT2D eigenvalue weighted by molar-refractivity contribution is 9.10. The zero-order valence-corrected chi connectivity index (χ0v) is 14.8. The molecule has 2 aromatic rings. The molecule has 2 rings (SSSR count). The van der Waals surface area contributed by atoms with Crippen LogP contribution in [0.25, 0.3) is 0 Å². The number of hydrogen-bond donors (Lipinski definition) is 0. The predicted molar refractivity (Wildman–Crippen MR) is 89.7 cm³/mol. The van der Waals surface area contributed by atoms with Gasteiger partial charge in [-0.05, 0) is 36.2 Å². The van der Waals surface area contributed by atoms with Crippen LogP contribution in [0.5, 0.6) is 11.5 Å². The largest absolute Gasteiger partial charge is 0.450 e. The lowest BCUT2D eigenvalue weighted by molar-refractivity contribution is -0.385. The minimum absolute atomic E-state index is 0.0948. The Bertz CT molecular complexity index is 707. The summed E-state index contributed by atoms with van der Waals surface area (Å²) in [5.74, 6) is 0.670. The second kappa shape index (κ2) is 6.77. The van der Waals surface area contributed by atoms with Crippen molar-refractivity contribution in [3.05, 3.63) is 61.1 Å². The molecule has 21 heavy (non-hydrogen) atoms. The summed E-state index contributed by atoms with van der Waals surface area (Å²) in [5, 5.41) is 12.3. The third-order valence-electron chi connectivity index (χ3n) is 2.80. The van der Waals surface area contributed by atoms with Gasteiger partial charge in [0.25, 0.3) is 0 Å². The first kappa shape index (κ1) is 16.3. The zero-order chi connectivity index (χ0) is 15.6. The van der Waals surface area contributed by atoms with E-state index in [1.54, 1.807) is 25.1 Å². The Morgan fingerprint density at radius 3 is 2.62 bits per heavy atom. The standard InChI is InChI=1S/C14H10Br2ClNO3/c1-8-4-10(16)5-13(18(19)20)14(8)21-11-3-2-9(7-15)12(17)6-11/h2-6H,7H2,1H3. The Balaban J connectivity index is 2.44. The molecule has 0 aliphatic rings. The Kier molecular flexibility index (Phi) is 5.24. The maximum absolute atomic E-state index is 11.2. The average molecular weight is 435 g/mol. The van der Waals surface area contributed by atoms with E-state index in [1.165, 1.54) is 6.07 Å². The van der Waals surface area contributed by atoms with Crippen LogP contribution in [0.1, 0.15) is 11.1 Å². The van der Waals surface area contributed by atoms with E-state index >= 15 is 0 Å². The van der Waals surface area contributed by atoms with Crippen LogP contribution >= 0.6 is 43.5 Å². The molecule has 0 saturated carbocycles. The SMILES string of the molecule is Cc1cc(Br)cc([N+](=O)[O-])c1Oc1ccc(CBr)c(Cl)c1. The third-order valence-corrected chi connectivity index (χ3v) is 4.22. The lowest BCUT2D eigenvalue weighted by Gasteiger charge is -2.11. The molecule has 0 heterocycles. The molecule has 4 nitrogen and oxygen atoms in total. The summed E-state index contributed by atoms with van der Waals surface area (Å²) in [7, 11) is 0. The van der Waals surface area contributed by atoms with Crippen molar-refractivity contribution < 1.29 is 9.66 Å². The summed E-state index contributed by atoms with van der Waals surface area (Å²) < 4.78 is 6.31. The zero-order valence-electron chi connectivity index (χ0n) is 10.9. The minimum Gasteiger partial charge on any atom is -0.450 e. The molecule has 0 N–H and O–H groups in total. The highest BCUT2D eigenvalue weighted by atomic mass is 79.9. The van der Waals surface area contributed by atoms with Gasteiger partial charge in [-0.3, -0.25) is 10.1 Å². The summed E-state index contributed by atoms with van der Waals surface area (Å²) >= 11 is 12.7. The van der Waals surface area contributed by atoms with Crippen molar-refractivity contribution in [3.8, 4) is 11.5 Å². The highest BCUT2D eigenvalue weighted by Crippen LogP contribution is 2.38. The molecule has 110 valence electrons. The number of rotatable bonds is 4. The molecule has 7 heteroatoms. The van der Waals surface area contributed by atoms with Gasteiger partial charge in [-0.15, -0.1) is 0 Å². The van der Waals surface area contributed by atoms with Gasteiger partial charge in [0.1, 0.15) is 5.75 Å². The van der Waals surface area contributed by atoms with Gasteiger partial charge in [0.2, 0.25) is 5.75 Å². The first-order valence-corrected chi connectivity index (χ1v) is 8.18. The molecule has 0 unspecified atom stereocenters. The molecule has 0 saturated heterocycles. The maximum atomic E-state index is 11.2. The molecule has 2 aromatic carbocycles. The molecule has 0 atom stereocenters. The molecule has 0 bridgehead atoms. The lowest BCUT2D eigenvalue weighted by atomic mass is 10.2. The van der Waals surface area contributed by atoms with Crippen molar-refractivity contribution >= 4 is 49.1 Å². The average Bonchev–Trinajstić information content (AvgIpc) is 2.41. The van der Waals surface area contributed by atoms with E-state index < -0.39 is 4.92 Å². The summed E-state index contributed by atoms with van der Waals surface area (Å²) in [6.45, 7) is 1.75. The first-order valence-electron chi connectivity index (χ1n) is 5.89. The van der Waals surface area contributed by atoms with Gasteiger partial charge < -0.3 is 4.74 Å². The molecular formula is C14H10Br2ClNO3. The number of benzene rings is 2. The lowest BCUT2D eigenvalue weighted by Crippen LogP contribution is -1.96. The van der Waals surface area contributed by atoms with Crippen LogP contribution in [-0.4, -0.2) is 4.92 Å². The van der Waals surface area contributed by atoms with Gasteiger partial charge in [-0.2, -0.15) is 0 Å². The van der Waals surface area contributed by atoms with E-state index in [9.17, 15) is 10.1 Å². The second-order valence-electron chi connectivity index (χ2n) is 4.32. The molecule has 0 spiro atoms. The maximum Gasteiger partial charge on any atom is 0.312 e. The van der Waals surface area contributed by atoms with Crippen LogP contribution in [0.4, 0.5) is 5.69 Å². The Morgan fingerprint density at radius 1 is 1.33 bits per heavy atom. The molecule has 0 radical (unpaired) electrons. The van der Waals surface area contributed by atoms with Crippen LogP contribution in [-0.2, 0) is 5.33 Å². The van der Waals surface area contributed by atoms with Gasteiger partial charge in [-0.25, -0.2) is 0 Å². The Hall–Kier alpha value is -1.11. The van der Waals surface area contributed by atoms with Crippen LogP contribution in [0.3, 0.4) is 0 Å². The van der Waals surface area contributed by atoms with Crippen LogP contribution in [0.15, 0.2) is 34.8 Å². The van der Waals surface area contributed by atoms with E-state index in [2.05, 4.69) is 31.9 Å². The fraction of sp³-hybridized carbons (Fsp3) is 0.143. The number of hydrogen-bond acceptors (Lipinski definition) is 3. The number of nitro benzene ring substituents is 1. The number of nitrogens with zero attached hydrogens (tertiary/aromatic N) is 1. The van der Waals surface area contributed by atoms with Crippen molar-refractivity contribution in [2.75, 3.05) is 0 Å².